The highest BCUT2D eigenvalue weighted by Gasteiger charge is 2.38. The van der Waals surface area contributed by atoms with Crippen molar-refractivity contribution in [1.82, 2.24) is 19.3 Å². The largest absolute Gasteiger partial charge is 0.369 e. The topological polar surface area (TPSA) is 74.0 Å². The Morgan fingerprint density at radius 1 is 1.42 bits per heavy atom. The number of nitrogens with one attached hydrogen (secondary N) is 1. The lowest BCUT2D eigenvalue weighted by Crippen LogP contribution is -2.26. The van der Waals surface area contributed by atoms with E-state index in [9.17, 15) is 4.79 Å². The van der Waals surface area contributed by atoms with Gasteiger partial charge in [-0.15, -0.1) is 0 Å². The minimum absolute atomic E-state index is 0.0383. The van der Waals surface area contributed by atoms with Crippen molar-refractivity contribution >= 4 is 11.7 Å². The summed E-state index contributed by atoms with van der Waals surface area (Å²) in [6.07, 6.45) is 6.45. The van der Waals surface area contributed by atoms with Crippen LogP contribution >= 0.6 is 0 Å². The van der Waals surface area contributed by atoms with Crippen LogP contribution in [0.5, 0.6) is 0 Å². The third-order valence-corrected chi connectivity index (χ3v) is 4.90. The Hall–Kier alpha value is -2.15. The summed E-state index contributed by atoms with van der Waals surface area (Å²) >= 11 is 0. The average molecular weight is 329 g/mol. The average Bonchev–Trinajstić information content (AvgIpc) is 2.98. The molecule has 2 fully saturated rings. The van der Waals surface area contributed by atoms with E-state index in [0.29, 0.717) is 24.8 Å². The molecule has 2 aromatic rings. The van der Waals surface area contributed by atoms with E-state index in [1.165, 1.54) is 18.5 Å². The lowest BCUT2D eigenvalue weighted by molar-refractivity contribution is -0.121. The second-order valence-corrected chi connectivity index (χ2v) is 6.62. The number of nitrogens with zero attached hydrogens (tertiary/aromatic N) is 4. The molecule has 7 heteroatoms. The maximum Gasteiger partial charge on any atom is 0.231 e. The van der Waals surface area contributed by atoms with E-state index in [1.807, 2.05) is 28.6 Å². The van der Waals surface area contributed by atoms with Crippen molar-refractivity contribution in [2.45, 2.75) is 44.8 Å². The van der Waals surface area contributed by atoms with Crippen LogP contribution in [0.2, 0.25) is 0 Å². The van der Waals surface area contributed by atoms with E-state index in [-0.39, 0.29) is 17.9 Å². The SMILES string of the molecule is CCn1nc(NC(=O)[C@@H]2CCO[C@H]2c2nccn2C)cc1C1CC1. The molecular weight excluding hydrogens is 306 g/mol. The zero-order valence-corrected chi connectivity index (χ0v) is 14.1. The smallest absolute Gasteiger partial charge is 0.231 e. The zero-order valence-electron chi connectivity index (χ0n) is 14.1. The van der Waals surface area contributed by atoms with Crippen LogP contribution in [-0.4, -0.2) is 31.8 Å². The van der Waals surface area contributed by atoms with E-state index in [0.717, 1.165) is 12.4 Å². The van der Waals surface area contributed by atoms with Gasteiger partial charge in [0.25, 0.3) is 0 Å². The van der Waals surface area contributed by atoms with E-state index in [2.05, 4.69) is 22.3 Å². The van der Waals surface area contributed by atoms with Crippen LogP contribution in [0.4, 0.5) is 5.82 Å². The molecule has 4 rings (SSSR count). The molecule has 2 aromatic heterocycles. The van der Waals surface area contributed by atoms with Crippen molar-refractivity contribution < 1.29 is 9.53 Å². The summed E-state index contributed by atoms with van der Waals surface area (Å²) in [6.45, 7) is 3.48. The van der Waals surface area contributed by atoms with Crippen molar-refractivity contribution in [3.05, 3.63) is 30.0 Å². The number of hydrogen-bond acceptors (Lipinski definition) is 4. The molecule has 2 aliphatic rings. The molecule has 1 N–H and O–H groups in total. The summed E-state index contributed by atoms with van der Waals surface area (Å²) in [5, 5.41) is 7.51. The zero-order chi connectivity index (χ0) is 16.7. The van der Waals surface area contributed by atoms with E-state index in [1.54, 1.807) is 6.20 Å². The first kappa shape index (κ1) is 15.4. The fraction of sp³-hybridized carbons (Fsp3) is 0.588. The number of aromatic nitrogens is 4. The molecule has 1 saturated heterocycles. The Labute approximate surface area is 141 Å². The van der Waals surface area contributed by atoms with Crippen molar-refractivity contribution in [1.29, 1.82) is 0 Å². The molecule has 0 unspecified atom stereocenters. The van der Waals surface area contributed by atoms with Crippen LogP contribution in [0.25, 0.3) is 0 Å². The van der Waals surface area contributed by atoms with Crippen LogP contribution in [-0.2, 0) is 23.1 Å². The minimum atomic E-state index is -0.291. The number of anilines is 1. The van der Waals surface area contributed by atoms with Gasteiger partial charge in [0.1, 0.15) is 11.9 Å². The van der Waals surface area contributed by atoms with E-state index < -0.39 is 0 Å². The molecule has 0 radical (unpaired) electrons. The molecule has 1 aliphatic heterocycles. The van der Waals surface area contributed by atoms with Gasteiger partial charge < -0.3 is 14.6 Å². The van der Waals surface area contributed by atoms with E-state index >= 15 is 0 Å². The minimum Gasteiger partial charge on any atom is -0.369 e. The Morgan fingerprint density at radius 3 is 2.92 bits per heavy atom. The van der Waals surface area contributed by atoms with Crippen LogP contribution in [0.1, 0.15) is 49.7 Å². The van der Waals surface area contributed by atoms with Gasteiger partial charge in [0, 0.05) is 50.3 Å². The summed E-state index contributed by atoms with van der Waals surface area (Å²) in [5.41, 5.74) is 1.23. The Kier molecular flexibility index (Phi) is 3.88. The molecule has 0 bridgehead atoms. The van der Waals surface area contributed by atoms with Crippen LogP contribution in [0, 0.1) is 5.92 Å². The first-order valence-electron chi connectivity index (χ1n) is 8.64. The quantitative estimate of drug-likeness (QED) is 0.913. The van der Waals surface area contributed by atoms with Gasteiger partial charge in [-0.05, 0) is 26.2 Å². The third kappa shape index (κ3) is 2.73. The summed E-state index contributed by atoms with van der Waals surface area (Å²) in [7, 11) is 1.92. The maximum atomic E-state index is 12.7. The first-order valence-corrected chi connectivity index (χ1v) is 8.64. The first-order chi connectivity index (χ1) is 11.7. The second kappa shape index (κ2) is 6.05. The number of ether oxygens (including phenoxy) is 1. The highest BCUT2D eigenvalue weighted by atomic mass is 16.5. The predicted octanol–water partition coefficient (Wildman–Crippen LogP) is 2.23. The van der Waals surface area contributed by atoms with Gasteiger partial charge in [0.15, 0.2) is 5.82 Å². The molecule has 2 atom stereocenters. The number of carbonyl (C=O) groups excluding carboxylic acids is 1. The van der Waals surface area contributed by atoms with Gasteiger partial charge in [-0.3, -0.25) is 9.48 Å². The maximum absolute atomic E-state index is 12.7. The molecule has 1 saturated carbocycles. The van der Waals surface area contributed by atoms with Gasteiger partial charge >= 0.3 is 0 Å². The van der Waals surface area contributed by atoms with Crippen molar-refractivity contribution in [3.63, 3.8) is 0 Å². The highest BCUT2D eigenvalue weighted by Crippen LogP contribution is 2.41. The Bertz CT molecular complexity index is 746. The number of carbonyl (C=O) groups is 1. The van der Waals surface area contributed by atoms with Gasteiger partial charge in [-0.25, -0.2) is 4.98 Å². The number of imidazole rings is 1. The standard InChI is InChI=1S/C17H23N5O2/c1-3-22-13(11-4-5-11)10-14(20-22)19-17(23)12-6-9-24-15(12)16-18-7-8-21(16)2/h7-8,10-12,15H,3-6,9H2,1-2H3,(H,19,20,23)/t12-,15-/m1/s1. The number of aryl methyl sites for hydroxylation is 2. The molecule has 3 heterocycles. The van der Waals surface area contributed by atoms with Gasteiger partial charge in [-0.1, -0.05) is 0 Å². The van der Waals surface area contributed by atoms with Crippen molar-refractivity contribution in [3.8, 4) is 0 Å². The molecule has 0 aromatic carbocycles. The van der Waals surface area contributed by atoms with Crippen molar-refractivity contribution in [2.24, 2.45) is 13.0 Å². The van der Waals surface area contributed by atoms with Crippen LogP contribution < -0.4 is 5.32 Å². The summed E-state index contributed by atoms with van der Waals surface area (Å²) in [5.74, 6) is 1.78. The summed E-state index contributed by atoms with van der Waals surface area (Å²) in [4.78, 5) is 17.1. The van der Waals surface area contributed by atoms with Gasteiger partial charge in [0.2, 0.25) is 5.91 Å². The fourth-order valence-corrected chi connectivity index (χ4v) is 3.44. The van der Waals surface area contributed by atoms with E-state index in [4.69, 9.17) is 4.74 Å². The third-order valence-electron chi connectivity index (χ3n) is 4.90. The summed E-state index contributed by atoms with van der Waals surface area (Å²) < 4.78 is 9.68. The normalized spacial score (nSPS) is 23.6. The lowest BCUT2D eigenvalue weighted by Gasteiger charge is -2.17. The lowest BCUT2D eigenvalue weighted by atomic mass is 10.00. The highest BCUT2D eigenvalue weighted by molar-refractivity contribution is 5.92. The second-order valence-electron chi connectivity index (χ2n) is 6.62. The number of rotatable bonds is 5. The van der Waals surface area contributed by atoms with Crippen LogP contribution in [0.3, 0.4) is 0 Å². The molecule has 0 spiro atoms. The fourth-order valence-electron chi connectivity index (χ4n) is 3.44. The molecule has 128 valence electrons. The number of hydrogen-bond donors (Lipinski definition) is 1. The molecule has 7 nitrogen and oxygen atoms in total. The van der Waals surface area contributed by atoms with Gasteiger partial charge in [-0.2, -0.15) is 5.10 Å². The molecule has 24 heavy (non-hydrogen) atoms. The monoisotopic (exact) mass is 329 g/mol. The predicted molar refractivity (Wildman–Crippen MR) is 88.5 cm³/mol. The van der Waals surface area contributed by atoms with Crippen LogP contribution in [0.15, 0.2) is 18.5 Å². The van der Waals surface area contributed by atoms with Crippen molar-refractivity contribution in [2.75, 3.05) is 11.9 Å². The number of amides is 1. The Balaban J connectivity index is 1.50. The van der Waals surface area contributed by atoms with Gasteiger partial charge in [0.05, 0.1) is 5.92 Å². The molecular formula is C17H23N5O2. The Morgan fingerprint density at radius 2 is 2.25 bits per heavy atom. The molecule has 1 aliphatic carbocycles. The molecule has 1 amide bonds. The summed E-state index contributed by atoms with van der Waals surface area (Å²) in [6, 6.07) is 2.02.